The van der Waals surface area contributed by atoms with E-state index in [1.165, 1.54) is 16.8 Å². The summed E-state index contributed by atoms with van der Waals surface area (Å²) in [5.41, 5.74) is 5.48. The lowest BCUT2D eigenvalue weighted by atomic mass is 9.79. The van der Waals surface area contributed by atoms with Crippen molar-refractivity contribution in [3.63, 3.8) is 0 Å². The van der Waals surface area contributed by atoms with Crippen LogP contribution in [0, 0.1) is 11.3 Å². The van der Waals surface area contributed by atoms with Gasteiger partial charge in [-0.3, -0.25) is 4.79 Å². The normalized spacial score (nSPS) is 17.8. The molecule has 1 heterocycles. The Hall–Kier alpha value is -3.06. The standard InChI is InChI=1S/C27H33N3O/c1-7-20-8-11-23(12-9-20)29-26(31)22(17-28)14-21-10-13-25-24(15-21)19(4)16-27(5,6)30(25)18(2)3/h8-15,18-19H,7,16H2,1-6H3,(H,29,31)/b22-14-/t19-/m0/s1. The quantitative estimate of drug-likeness (QED) is 0.461. The summed E-state index contributed by atoms with van der Waals surface area (Å²) < 4.78 is 0. The molecule has 4 heteroatoms. The second-order valence-electron chi connectivity index (χ2n) is 9.37. The number of fused-ring (bicyclic) bond motifs is 1. The minimum Gasteiger partial charge on any atom is -0.364 e. The molecule has 1 amide bonds. The van der Waals surface area contributed by atoms with E-state index in [4.69, 9.17) is 0 Å². The Morgan fingerprint density at radius 3 is 2.52 bits per heavy atom. The van der Waals surface area contributed by atoms with Crippen LogP contribution in [0.5, 0.6) is 0 Å². The van der Waals surface area contributed by atoms with Crippen molar-refractivity contribution in [3.8, 4) is 6.07 Å². The molecular formula is C27H33N3O. The number of rotatable bonds is 5. The van der Waals surface area contributed by atoms with Crippen LogP contribution in [-0.4, -0.2) is 17.5 Å². The summed E-state index contributed by atoms with van der Waals surface area (Å²) in [5.74, 6) is 0.0206. The van der Waals surface area contributed by atoms with E-state index >= 15 is 0 Å². The number of anilines is 2. The average molecular weight is 416 g/mol. The third-order valence-corrected chi connectivity index (χ3v) is 6.11. The van der Waals surface area contributed by atoms with Gasteiger partial charge in [-0.1, -0.05) is 32.0 Å². The van der Waals surface area contributed by atoms with E-state index in [-0.39, 0.29) is 17.0 Å². The molecule has 0 aromatic heterocycles. The first kappa shape index (κ1) is 22.6. The van der Waals surface area contributed by atoms with Gasteiger partial charge in [0.1, 0.15) is 11.6 Å². The number of carbonyl (C=O) groups excluding carboxylic acids is 1. The minimum atomic E-state index is -0.387. The number of nitriles is 1. The molecule has 1 aliphatic heterocycles. The highest BCUT2D eigenvalue weighted by atomic mass is 16.1. The summed E-state index contributed by atoms with van der Waals surface area (Å²) in [6.07, 6.45) is 3.69. The highest BCUT2D eigenvalue weighted by Crippen LogP contribution is 2.44. The van der Waals surface area contributed by atoms with Crippen LogP contribution in [0.2, 0.25) is 0 Å². The van der Waals surface area contributed by atoms with E-state index in [0.29, 0.717) is 17.6 Å². The number of nitrogens with one attached hydrogen (secondary N) is 1. The second-order valence-corrected chi connectivity index (χ2v) is 9.37. The lowest BCUT2D eigenvalue weighted by molar-refractivity contribution is -0.112. The summed E-state index contributed by atoms with van der Waals surface area (Å²) in [5, 5.41) is 12.4. The van der Waals surface area contributed by atoms with Gasteiger partial charge in [0, 0.05) is 23.0 Å². The molecule has 0 bridgehead atoms. The second kappa shape index (κ2) is 8.98. The molecule has 0 unspecified atom stereocenters. The number of hydrogen-bond acceptors (Lipinski definition) is 3. The molecule has 2 aromatic rings. The SMILES string of the molecule is CCc1ccc(NC(=O)/C(C#N)=C\c2ccc3c(c2)[C@@H](C)CC(C)(C)N3C(C)C)cc1. The van der Waals surface area contributed by atoms with Crippen molar-refractivity contribution < 1.29 is 4.79 Å². The van der Waals surface area contributed by atoms with Crippen LogP contribution >= 0.6 is 0 Å². The van der Waals surface area contributed by atoms with Crippen LogP contribution < -0.4 is 10.2 Å². The zero-order valence-corrected chi connectivity index (χ0v) is 19.5. The largest absolute Gasteiger partial charge is 0.364 e. The topological polar surface area (TPSA) is 56.1 Å². The Morgan fingerprint density at radius 1 is 1.26 bits per heavy atom. The molecule has 162 valence electrons. The van der Waals surface area contributed by atoms with E-state index in [1.807, 2.05) is 30.3 Å². The fourth-order valence-corrected chi connectivity index (χ4v) is 4.88. The Bertz CT molecular complexity index is 1030. The van der Waals surface area contributed by atoms with Crippen LogP contribution in [-0.2, 0) is 11.2 Å². The maximum absolute atomic E-state index is 12.7. The maximum Gasteiger partial charge on any atom is 0.266 e. The van der Waals surface area contributed by atoms with Crippen LogP contribution in [0.4, 0.5) is 11.4 Å². The zero-order chi connectivity index (χ0) is 22.8. The van der Waals surface area contributed by atoms with Crippen LogP contribution in [0.1, 0.15) is 70.6 Å². The minimum absolute atomic E-state index is 0.0863. The van der Waals surface area contributed by atoms with Crippen LogP contribution in [0.25, 0.3) is 6.08 Å². The van der Waals surface area contributed by atoms with Gasteiger partial charge in [-0.05, 0) is 93.5 Å². The molecule has 0 saturated carbocycles. The smallest absolute Gasteiger partial charge is 0.266 e. The lowest BCUT2D eigenvalue weighted by Crippen LogP contribution is -2.51. The van der Waals surface area contributed by atoms with Crippen molar-refractivity contribution >= 4 is 23.4 Å². The van der Waals surface area contributed by atoms with Gasteiger partial charge in [0.25, 0.3) is 5.91 Å². The van der Waals surface area contributed by atoms with Gasteiger partial charge in [-0.15, -0.1) is 0 Å². The van der Waals surface area contributed by atoms with Crippen molar-refractivity contribution in [3.05, 3.63) is 64.7 Å². The van der Waals surface area contributed by atoms with Gasteiger partial charge in [-0.2, -0.15) is 5.26 Å². The first-order valence-electron chi connectivity index (χ1n) is 11.1. The number of benzene rings is 2. The Kier molecular flexibility index (Phi) is 6.55. The zero-order valence-electron chi connectivity index (χ0n) is 19.5. The van der Waals surface area contributed by atoms with Crippen molar-refractivity contribution in [2.75, 3.05) is 10.2 Å². The highest BCUT2D eigenvalue weighted by molar-refractivity contribution is 6.09. The molecule has 3 rings (SSSR count). The summed E-state index contributed by atoms with van der Waals surface area (Å²) in [7, 11) is 0. The van der Waals surface area contributed by atoms with E-state index < -0.39 is 0 Å². The van der Waals surface area contributed by atoms with E-state index in [2.05, 4.69) is 70.0 Å². The van der Waals surface area contributed by atoms with Gasteiger partial charge < -0.3 is 10.2 Å². The predicted molar refractivity (Wildman–Crippen MR) is 129 cm³/mol. The first-order chi connectivity index (χ1) is 14.7. The number of aryl methyl sites for hydroxylation is 1. The number of hydrogen-bond donors (Lipinski definition) is 1. The molecule has 0 radical (unpaired) electrons. The fourth-order valence-electron chi connectivity index (χ4n) is 4.88. The number of amides is 1. The summed E-state index contributed by atoms with van der Waals surface area (Å²) >= 11 is 0. The van der Waals surface area contributed by atoms with Crippen molar-refractivity contribution in [2.45, 2.75) is 71.9 Å². The van der Waals surface area contributed by atoms with E-state index in [9.17, 15) is 10.1 Å². The Morgan fingerprint density at radius 2 is 1.94 bits per heavy atom. The molecule has 1 atom stereocenters. The highest BCUT2D eigenvalue weighted by Gasteiger charge is 2.37. The summed E-state index contributed by atoms with van der Waals surface area (Å²) in [4.78, 5) is 15.2. The molecule has 0 fully saturated rings. The molecule has 1 aliphatic rings. The van der Waals surface area contributed by atoms with E-state index in [0.717, 1.165) is 18.4 Å². The monoisotopic (exact) mass is 415 g/mol. The van der Waals surface area contributed by atoms with Crippen LogP contribution in [0.15, 0.2) is 48.0 Å². The van der Waals surface area contributed by atoms with Crippen molar-refractivity contribution in [1.29, 1.82) is 5.26 Å². The number of nitrogens with zero attached hydrogens (tertiary/aromatic N) is 2. The third-order valence-electron chi connectivity index (χ3n) is 6.11. The average Bonchev–Trinajstić information content (AvgIpc) is 2.71. The van der Waals surface area contributed by atoms with Crippen LogP contribution in [0.3, 0.4) is 0 Å². The molecule has 0 spiro atoms. The Balaban J connectivity index is 1.89. The first-order valence-corrected chi connectivity index (χ1v) is 11.1. The van der Waals surface area contributed by atoms with E-state index in [1.54, 1.807) is 6.08 Å². The van der Waals surface area contributed by atoms with Gasteiger partial charge in [-0.25, -0.2) is 0 Å². The fraction of sp³-hybridized carbons (Fsp3) is 0.407. The third kappa shape index (κ3) is 4.82. The van der Waals surface area contributed by atoms with Gasteiger partial charge >= 0.3 is 0 Å². The summed E-state index contributed by atoms with van der Waals surface area (Å²) in [6, 6.07) is 16.4. The maximum atomic E-state index is 12.7. The molecule has 0 saturated heterocycles. The molecule has 4 nitrogen and oxygen atoms in total. The molecule has 31 heavy (non-hydrogen) atoms. The molecular weight excluding hydrogens is 382 g/mol. The van der Waals surface area contributed by atoms with Crippen molar-refractivity contribution in [1.82, 2.24) is 0 Å². The van der Waals surface area contributed by atoms with Gasteiger partial charge in [0.2, 0.25) is 0 Å². The van der Waals surface area contributed by atoms with Crippen molar-refractivity contribution in [2.24, 2.45) is 0 Å². The molecule has 0 aliphatic carbocycles. The molecule has 2 aromatic carbocycles. The molecule has 1 N–H and O–H groups in total. The number of carbonyl (C=O) groups is 1. The lowest BCUT2D eigenvalue weighted by Gasteiger charge is -2.50. The Labute approximate surface area is 186 Å². The van der Waals surface area contributed by atoms with Gasteiger partial charge in [0.15, 0.2) is 0 Å². The predicted octanol–water partition coefficient (Wildman–Crippen LogP) is 6.30. The summed E-state index contributed by atoms with van der Waals surface area (Å²) in [6.45, 7) is 13.4. The van der Waals surface area contributed by atoms with Gasteiger partial charge in [0.05, 0.1) is 0 Å².